The fourth-order valence-corrected chi connectivity index (χ4v) is 4.62. The number of nitrogens with zero attached hydrogens (tertiary/aromatic N) is 2. The number of benzene rings is 1. The van der Waals surface area contributed by atoms with Gasteiger partial charge in [0.2, 0.25) is 5.43 Å². The zero-order valence-corrected chi connectivity index (χ0v) is 15.6. The molecule has 0 spiro atoms. The first-order valence-corrected chi connectivity index (χ1v) is 9.85. The van der Waals surface area contributed by atoms with Crippen LogP contribution in [0.25, 0.3) is 10.9 Å². The molecule has 3 heterocycles. The average Bonchev–Trinajstić information content (AvgIpc) is 3.44. The van der Waals surface area contributed by atoms with Crippen molar-refractivity contribution in [3.63, 3.8) is 0 Å². The van der Waals surface area contributed by atoms with Crippen molar-refractivity contribution in [2.45, 2.75) is 37.5 Å². The monoisotopic (exact) mass is 367 g/mol. The Kier molecular flexibility index (Phi) is 4.06. The van der Waals surface area contributed by atoms with Gasteiger partial charge < -0.3 is 14.6 Å². The molecule has 1 saturated carbocycles. The third-order valence-electron chi connectivity index (χ3n) is 6.27. The maximum Gasteiger partial charge on any atom is 0.257 e. The topological polar surface area (TPSA) is 63.6 Å². The summed E-state index contributed by atoms with van der Waals surface area (Å²) in [5, 5.41) is 3.68. The van der Waals surface area contributed by atoms with Crippen LogP contribution in [-0.2, 0) is 11.8 Å². The van der Waals surface area contributed by atoms with E-state index in [0.29, 0.717) is 17.5 Å². The van der Waals surface area contributed by atoms with Crippen molar-refractivity contribution in [2.24, 2.45) is 13.0 Å². The van der Waals surface area contributed by atoms with E-state index in [1.54, 1.807) is 12.3 Å². The van der Waals surface area contributed by atoms with E-state index in [1.807, 2.05) is 29.8 Å². The van der Waals surface area contributed by atoms with Crippen molar-refractivity contribution >= 4 is 16.8 Å². The Morgan fingerprint density at radius 2 is 2.04 bits per heavy atom. The number of ether oxygens (including phenoxy) is 1. The van der Waals surface area contributed by atoms with Gasteiger partial charge in [-0.3, -0.25) is 14.5 Å². The molecule has 5 rings (SSSR count). The SMILES string of the molecule is Cn1cc(C(=O)N[C@H]2C[C@H]3CO[C@@H](C4CC4)CN3C2)c(=O)c2ccccc21. The van der Waals surface area contributed by atoms with Gasteiger partial charge in [-0.1, -0.05) is 12.1 Å². The zero-order chi connectivity index (χ0) is 18.5. The molecule has 1 aromatic carbocycles. The Balaban J connectivity index is 1.32. The van der Waals surface area contributed by atoms with Crippen LogP contribution in [0.2, 0.25) is 0 Å². The second-order valence-corrected chi connectivity index (χ2v) is 8.22. The van der Waals surface area contributed by atoms with Crippen molar-refractivity contribution in [1.29, 1.82) is 0 Å². The molecule has 1 N–H and O–H groups in total. The van der Waals surface area contributed by atoms with Crippen LogP contribution in [0, 0.1) is 5.92 Å². The second-order valence-electron chi connectivity index (χ2n) is 8.22. The Morgan fingerprint density at radius 3 is 2.85 bits per heavy atom. The van der Waals surface area contributed by atoms with Crippen LogP contribution in [0.1, 0.15) is 29.6 Å². The van der Waals surface area contributed by atoms with Crippen molar-refractivity contribution < 1.29 is 9.53 Å². The van der Waals surface area contributed by atoms with Gasteiger partial charge in [0, 0.05) is 43.8 Å². The highest BCUT2D eigenvalue weighted by Crippen LogP contribution is 2.37. The molecule has 0 bridgehead atoms. The predicted octanol–water partition coefficient (Wildman–Crippen LogP) is 1.52. The summed E-state index contributed by atoms with van der Waals surface area (Å²) < 4.78 is 7.87. The van der Waals surface area contributed by atoms with Gasteiger partial charge in [0.25, 0.3) is 5.91 Å². The number of rotatable bonds is 3. The lowest BCUT2D eigenvalue weighted by Crippen LogP contribution is -2.47. The Morgan fingerprint density at radius 1 is 1.22 bits per heavy atom. The molecular formula is C21H25N3O3. The van der Waals surface area contributed by atoms with Crippen LogP contribution in [0.15, 0.2) is 35.3 Å². The number of aryl methyl sites for hydroxylation is 1. The first-order valence-electron chi connectivity index (χ1n) is 9.85. The molecule has 6 nitrogen and oxygen atoms in total. The van der Waals surface area contributed by atoms with E-state index in [9.17, 15) is 9.59 Å². The number of aromatic nitrogens is 1. The number of fused-ring (bicyclic) bond motifs is 2. The third-order valence-corrected chi connectivity index (χ3v) is 6.27. The van der Waals surface area contributed by atoms with E-state index in [2.05, 4.69) is 10.2 Å². The van der Waals surface area contributed by atoms with E-state index in [-0.39, 0.29) is 22.9 Å². The van der Waals surface area contributed by atoms with E-state index < -0.39 is 0 Å². The van der Waals surface area contributed by atoms with E-state index in [1.165, 1.54) is 12.8 Å². The fraction of sp³-hybridized carbons (Fsp3) is 0.524. The lowest BCUT2D eigenvalue weighted by Gasteiger charge is -2.35. The molecule has 0 radical (unpaired) electrons. The molecule has 27 heavy (non-hydrogen) atoms. The summed E-state index contributed by atoms with van der Waals surface area (Å²) >= 11 is 0. The summed E-state index contributed by atoms with van der Waals surface area (Å²) in [5.74, 6) is 0.464. The largest absolute Gasteiger partial charge is 0.375 e. The molecule has 1 aromatic heterocycles. The number of hydrogen-bond acceptors (Lipinski definition) is 4. The van der Waals surface area contributed by atoms with Gasteiger partial charge in [-0.15, -0.1) is 0 Å². The number of pyridine rings is 1. The van der Waals surface area contributed by atoms with Gasteiger partial charge in [0.05, 0.1) is 18.2 Å². The predicted molar refractivity (Wildman–Crippen MR) is 103 cm³/mol. The van der Waals surface area contributed by atoms with Crippen molar-refractivity contribution in [2.75, 3.05) is 19.7 Å². The number of para-hydroxylation sites is 1. The summed E-state index contributed by atoms with van der Waals surface area (Å²) in [5.41, 5.74) is 0.850. The van der Waals surface area contributed by atoms with Crippen molar-refractivity contribution in [1.82, 2.24) is 14.8 Å². The Labute approximate surface area is 158 Å². The first kappa shape index (κ1) is 17.0. The van der Waals surface area contributed by atoms with Gasteiger partial charge in [-0.25, -0.2) is 0 Å². The van der Waals surface area contributed by atoms with Crippen LogP contribution in [0.4, 0.5) is 0 Å². The first-order chi connectivity index (χ1) is 13.1. The molecule has 3 atom stereocenters. The quantitative estimate of drug-likeness (QED) is 0.894. The minimum Gasteiger partial charge on any atom is -0.375 e. The molecule has 2 saturated heterocycles. The maximum absolute atomic E-state index is 12.8. The standard InChI is InChI=1S/C21H25N3O3/c1-23-10-17(20(25)16-4-2-3-5-18(16)23)21(26)22-14-8-15-12-27-19(13-6-7-13)11-24(15)9-14/h2-5,10,13-15,19H,6-9,11-12H2,1H3,(H,22,26)/t14-,15-,19+/m0/s1. The smallest absolute Gasteiger partial charge is 0.257 e. The lowest BCUT2D eigenvalue weighted by atomic mass is 10.1. The number of hydrogen-bond donors (Lipinski definition) is 1. The second kappa shape index (κ2) is 6.46. The van der Waals surface area contributed by atoms with Gasteiger partial charge >= 0.3 is 0 Å². The number of amides is 1. The van der Waals surface area contributed by atoms with Crippen LogP contribution in [-0.4, -0.2) is 53.3 Å². The van der Waals surface area contributed by atoms with Gasteiger partial charge in [0.1, 0.15) is 5.56 Å². The minimum atomic E-state index is -0.272. The molecule has 142 valence electrons. The molecule has 2 aliphatic heterocycles. The summed E-state index contributed by atoms with van der Waals surface area (Å²) in [4.78, 5) is 28.1. The summed E-state index contributed by atoms with van der Waals surface area (Å²) in [7, 11) is 1.86. The molecule has 3 fully saturated rings. The summed E-state index contributed by atoms with van der Waals surface area (Å²) in [6.45, 7) is 2.57. The van der Waals surface area contributed by atoms with Crippen molar-refractivity contribution in [3.05, 3.63) is 46.2 Å². The maximum atomic E-state index is 12.8. The van der Waals surface area contributed by atoms with Crippen LogP contribution < -0.4 is 10.7 Å². The highest BCUT2D eigenvalue weighted by molar-refractivity contribution is 5.97. The number of morpholine rings is 1. The van der Waals surface area contributed by atoms with E-state index in [0.717, 1.165) is 37.6 Å². The number of carbonyl (C=O) groups excluding carboxylic acids is 1. The Hall–Kier alpha value is -2.18. The van der Waals surface area contributed by atoms with Crippen molar-refractivity contribution in [3.8, 4) is 0 Å². The molecule has 6 heteroatoms. The fourth-order valence-electron chi connectivity index (χ4n) is 4.62. The third kappa shape index (κ3) is 3.07. The molecule has 1 aliphatic carbocycles. The molecule has 3 aliphatic rings. The highest BCUT2D eigenvalue weighted by atomic mass is 16.5. The van der Waals surface area contributed by atoms with Crippen LogP contribution >= 0.6 is 0 Å². The van der Waals surface area contributed by atoms with Gasteiger partial charge in [-0.2, -0.15) is 0 Å². The zero-order valence-electron chi connectivity index (χ0n) is 15.6. The average molecular weight is 367 g/mol. The number of carbonyl (C=O) groups is 1. The molecule has 1 amide bonds. The molecule has 0 unspecified atom stereocenters. The normalized spacial score (nSPS) is 28.3. The Bertz CT molecular complexity index is 949. The highest BCUT2D eigenvalue weighted by Gasteiger charge is 2.42. The molecule has 2 aromatic rings. The van der Waals surface area contributed by atoms with Gasteiger partial charge in [-0.05, 0) is 37.3 Å². The minimum absolute atomic E-state index is 0.0697. The summed E-state index contributed by atoms with van der Waals surface area (Å²) in [6.07, 6.45) is 5.47. The van der Waals surface area contributed by atoms with E-state index in [4.69, 9.17) is 4.74 Å². The lowest BCUT2D eigenvalue weighted by molar-refractivity contribution is -0.0581. The van der Waals surface area contributed by atoms with Crippen LogP contribution in [0.5, 0.6) is 0 Å². The van der Waals surface area contributed by atoms with Crippen LogP contribution in [0.3, 0.4) is 0 Å². The van der Waals surface area contributed by atoms with E-state index >= 15 is 0 Å². The van der Waals surface area contributed by atoms with Gasteiger partial charge in [0.15, 0.2) is 0 Å². The number of nitrogens with one attached hydrogen (secondary N) is 1. The molecular weight excluding hydrogens is 342 g/mol. The summed E-state index contributed by atoms with van der Waals surface area (Å²) in [6, 6.07) is 7.85.